The van der Waals surface area contributed by atoms with Crippen LogP contribution in [-0.2, 0) is 23.6 Å². The van der Waals surface area contributed by atoms with E-state index < -0.39 is 0 Å². The first-order valence-electron chi connectivity index (χ1n) is 7.10. The molecule has 1 aliphatic rings. The Bertz CT molecular complexity index is 708. The van der Waals surface area contributed by atoms with Gasteiger partial charge in [-0.3, -0.25) is 14.5 Å². The number of amides is 2. The van der Waals surface area contributed by atoms with Crippen LogP contribution in [0.5, 0.6) is 0 Å². The van der Waals surface area contributed by atoms with Crippen molar-refractivity contribution in [3.63, 3.8) is 0 Å². The molecule has 23 heavy (non-hydrogen) atoms. The minimum atomic E-state index is -0.202. The first-order chi connectivity index (χ1) is 10.8. The third-order valence-electron chi connectivity index (χ3n) is 3.51. The monoisotopic (exact) mass is 345 g/mol. The largest absolute Gasteiger partial charge is 2.00 e. The van der Waals surface area contributed by atoms with Crippen LogP contribution in [0.25, 0.3) is 0 Å². The van der Waals surface area contributed by atoms with Crippen LogP contribution in [0, 0.1) is 0 Å². The molecular formula is C19H15FeNO2. The second-order valence-corrected chi connectivity index (χ2v) is 5.00. The van der Waals surface area contributed by atoms with Gasteiger partial charge in [0.1, 0.15) is 0 Å². The number of benzene rings is 1. The summed E-state index contributed by atoms with van der Waals surface area (Å²) < 4.78 is 0. The summed E-state index contributed by atoms with van der Waals surface area (Å²) in [5.41, 5.74) is 1.98. The Morgan fingerprint density at radius 2 is 1.35 bits per heavy atom. The minimum Gasteiger partial charge on any atom is -0.282 e. The zero-order valence-corrected chi connectivity index (χ0v) is 13.4. The molecule has 4 heteroatoms. The fourth-order valence-corrected chi connectivity index (χ4v) is 2.41. The molecule has 0 fully saturated rings. The number of imide groups is 1. The van der Waals surface area contributed by atoms with Crippen molar-refractivity contribution in [2.24, 2.45) is 0 Å². The minimum absolute atomic E-state index is 0. The van der Waals surface area contributed by atoms with Crippen molar-refractivity contribution in [1.82, 2.24) is 4.90 Å². The van der Waals surface area contributed by atoms with Crippen LogP contribution >= 0.6 is 0 Å². The number of carbonyl (C=O) groups is 2. The quantitative estimate of drug-likeness (QED) is 0.404. The molecule has 0 atom stereocenters. The van der Waals surface area contributed by atoms with Crippen LogP contribution < -0.4 is 0 Å². The van der Waals surface area contributed by atoms with E-state index in [-0.39, 0.29) is 28.9 Å². The normalized spacial score (nSPS) is 12.3. The molecule has 1 heterocycles. The summed E-state index contributed by atoms with van der Waals surface area (Å²) in [6.45, 7) is 0.347. The Morgan fingerprint density at radius 1 is 0.826 bits per heavy atom. The van der Waals surface area contributed by atoms with E-state index in [0.717, 1.165) is 5.56 Å². The molecule has 3 nitrogen and oxygen atoms in total. The standard InChI is InChI=1S/C14H10NO2.C5H5.Fe/c16-13-11-7-3-4-8-12(11)14(17)15(13)9-10-5-1-2-6-10;1-2-4-5-3-1;/h1-8H,9H2;1-5H;/q2*-1;+2. The van der Waals surface area contributed by atoms with Crippen LogP contribution in [0.3, 0.4) is 0 Å². The summed E-state index contributed by atoms with van der Waals surface area (Å²) in [6, 6.07) is 24.5. The summed E-state index contributed by atoms with van der Waals surface area (Å²) >= 11 is 0. The summed E-state index contributed by atoms with van der Waals surface area (Å²) in [5.74, 6) is -0.404. The molecule has 0 bridgehead atoms. The van der Waals surface area contributed by atoms with Gasteiger partial charge >= 0.3 is 17.1 Å². The maximum atomic E-state index is 12.0. The van der Waals surface area contributed by atoms with Gasteiger partial charge in [0, 0.05) is 6.54 Å². The number of rotatable bonds is 2. The van der Waals surface area contributed by atoms with Crippen molar-refractivity contribution >= 4 is 11.8 Å². The van der Waals surface area contributed by atoms with Gasteiger partial charge in [-0.2, -0.15) is 30.3 Å². The van der Waals surface area contributed by atoms with Gasteiger partial charge in [0.2, 0.25) is 0 Å². The maximum Gasteiger partial charge on any atom is 2.00 e. The van der Waals surface area contributed by atoms with Crippen LogP contribution in [0.15, 0.2) is 78.9 Å². The smallest absolute Gasteiger partial charge is 0.282 e. The third kappa shape index (κ3) is 3.67. The molecule has 0 saturated carbocycles. The van der Waals surface area contributed by atoms with Crippen LogP contribution in [0.2, 0.25) is 0 Å². The van der Waals surface area contributed by atoms with E-state index in [2.05, 4.69) is 0 Å². The molecule has 4 rings (SSSR count). The van der Waals surface area contributed by atoms with Gasteiger partial charge in [-0.25, -0.2) is 24.3 Å². The summed E-state index contributed by atoms with van der Waals surface area (Å²) in [4.78, 5) is 25.4. The molecular weight excluding hydrogens is 330 g/mol. The van der Waals surface area contributed by atoms with Crippen molar-refractivity contribution in [1.29, 1.82) is 0 Å². The van der Waals surface area contributed by atoms with Crippen molar-refractivity contribution in [3.05, 3.63) is 95.6 Å². The Labute approximate surface area is 145 Å². The molecule has 0 radical (unpaired) electrons. The van der Waals surface area contributed by atoms with Gasteiger partial charge in [0.25, 0.3) is 11.8 Å². The Hall–Kier alpha value is -2.42. The molecule has 2 amide bonds. The van der Waals surface area contributed by atoms with Crippen molar-refractivity contribution in [2.45, 2.75) is 6.54 Å². The molecule has 116 valence electrons. The van der Waals surface area contributed by atoms with Gasteiger partial charge in [-0.1, -0.05) is 12.1 Å². The zero-order chi connectivity index (χ0) is 15.4. The SMILES string of the molecule is O=C1c2ccccc2C(=O)N1C[c-]1cccc1.[Fe+2].c1cc[cH-]c1. The predicted molar refractivity (Wildman–Crippen MR) is 84.7 cm³/mol. The maximum absolute atomic E-state index is 12.0. The number of carbonyl (C=O) groups excluding carboxylic acids is 2. The topological polar surface area (TPSA) is 37.4 Å². The fraction of sp³-hybridized carbons (Fsp3) is 0.0526. The van der Waals surface area contributed by atoms with E-state index in [1.165, 1.54) is 4.90 Å². The summed E-state index contributed by atoms with van der Waals surface area (Å²) in [7, 11) is 0. The van der Waals surface area contributed by atoms with Gasteiger partial charge in [0.05, 0.1) is 11.1 Å². The van der Waals surface area contributed by atoms with E-state index >= 15 is 0 Å². The van der Waals surface area contributed by atoms with Gasteiger partial charge in [-0.05, 0) is 12.1 Å². The molecule has 0 aromatic heterocycles. The molecule has 0 spiro atoms. The summed E-state index contributed by atoms with van der Waals surface area (Å²) in [6.07, 6.45) is 0. The molecule has 0 aliphatic carbocycles. The van der Waals surface area contributed by atoms with Crippen molar-refractivity contribution in [3.8, 4) is 0 Å². The van der Waals surface area contributed by atoms with E-state index in [4.69, 9.17) is 0 Å². The van der Waals surface area contributed by atoms with E-state index in [1.807, 2.05) is 54.6 Å². The second-order valence-electron chi connectivity index (χ2n) is 5.00. The van der Waals surface area contributed by atoms with Gasteiger partial charge < -0.3 is 0 Å². The predicted octanol–water partition coefficient (Wildman–Crippen LogP) is 3.60. The van der Waals surface area contributed by atoms with Crippen molar-refractivity contribution < 1.29 is 26.7 Å². The Kier molecular flexibility index (Phi) is 5.69. The first-order valence-corrected chi connectivity index (χ1v) is 7.10. The van der Waals surface area contributed by atoms with Crippen LogP contribution in [0.1, 0.15) is 26.3 Å². The number of nitrogens with zero attached hydrogens (tertiary/aromatic N) is 1. The first kappa shape index (κ1) is 16.9. The summed E-state index contributed by atoms with van der Waals surface area (Å²) in [5, 5.41) is 0. The molecule has 0 N–H and O–H groups in total. The molecule has 3 aromatic rings. The van der Waals surface area contributed by atoms with Gasteiger partial charge in [0.15, 0.2) is 0 Å². The van der Waals surface area contributed by atoms with E-state index in [0.29, 0.717) is 17.7 Å². The van der Waals surface area contributed by atoms with E-state index in [9.17, 15) is 9.59 Å². The fourth-order valence-electron chi connectivity index (χ4n) is 2.41. The van der Waals surface area contributed by atoms with Crippen molar-refractivity contribution in [2.75, 3.05) is 0 Å². The van der Waals surface area contributed by atoms with Crippen LogP contribution in [-0.4, -0.2) is 16.7 Å². The number of hydrogen-bond acceptors (Lipinski definition) is 2. The molecule has 3 aromatic carbocycles. The molecule has 0 unspecified atom stereocenters. The Balaban J connectivity index is 0.000000276. The second kappa shape index (κ2) is 7.72. The third-order valence-corrected chi connectivity index (χ3v) is 3.51. The average molecular weight is 345 g/mol. The molecule has 1 aliphatic heterocycles. The van der Waals surface area contributed by atoms with E-state index in [1.54, 1.807) is 24.3 Å². The average Bonchev–Trinajstić information content (AvgIpc) is 3.29. The Morgan fingerprint density at radius 3 is 1.78 bits per heavy atom. The molecule has 0 saturated heterocycles. The van der Waals surface area contributed by atoms with Gasteiger partial charge in [-0.15, -0.1) is 5.56 Å². The number of fused-ring (bicyclic) bond motifs is 1. The number of hydrogen-bond donors (Lipinski definition) is 0. The van der Waals surface area contributed by atoms with Crippen LogP contribution in [0.4, 0.5) is 0 Å². The zero-order valence-electron chi connectivity index (χ0n) is 12.3.